The van der Waals surface area contributed by atoms with E-state index in [4.69, 9.17) is 0 Å². The molecular weight excluding hydrogens is 615 g/mol. The molecule has 0 radical (unpaired) electrons. The number of allylic oxidation sites excluding steroid dienone is 12. The zero-order chi connectivity index (χ0) is 36.4. The average Bonchev–Trinajstić information content (AvgIpc) is 3.12. The molecule has 4 nitrogen and oxygen atoms in total. The van der Waals surface area contributed by atoms with Crippen LogP contribution in [0.25, 0.3) is 0 Å². The van der Waals surface area contributed by atoms with Crippen LogP contribution >= 0.6 is 0 Å². The summed E-state index contributed by atoms with van der Waals surface area (Å²) < 4.78 is 0. The molecule has 1 amide bonds. The third-order valence-electron chi connectivity index (χ3n) is 9.23. The van der Waals surface area contributed by atoms with Crippen molar-refractivity contribution in [3.8, 4) is 0 Å². The summed E-state index contributed by atoms with van der Waals surface area (Å²) in [5, 5.41) is 22.9. The SMILES string of the molecule is CC/C=C\C/C=C\C/C=C\C/C=C\C/C=C\C/C=C\CCCCCCCCCCCCCCC(=O)NC(CO)C(O)CCCCCCCCC. The van der Waals surface area contributed by atoms with Gasteiger partial charge in [-0.15, -0.1) is 0 Å². The first-order chi connectivity index (χ1) is 24.7. The van der Waals surface area contributed by atoms with Crippen molar-refractivity contribution in [2.75, 3.05) is 6.61 Å². The van der Waals surface area contributed by atoms with Crippen molar-refractivity contribution in [1.82, 2.24) is 5.32 Å². The highest BCUT2D eigenvalue weighted by Crippen LogP contribution is 2.14. The van der Waals surface area contributed by atoms with Crippen molar-refractivity contribution in [2.24, 2.45) is 0 Å². The van der Waals surface area contributed by atoms with Crippen LogP contribution in [0, 0.1) is 0 Å². The zero-order valence-corrected chi connectivity index (χ0v) is 32.9. The normalized spacial score (nSPS) is 13.8. The number of aliphatic hydroxyl groups is 2. The predicted molar refractivity (Wildman–Crippen MR) is 220 cm³/mol. The molecule has 288 valence electrons. The fraction of sp³-hybridized carbons (Fsp3) is 0.717. The van der Waals surface area contributed by atoms with Crippen molar-refractivity contribution in [3.05, 3.63) is 72.9 Å². The van der Waals surface area contributed by atoms with Gasteiger partial charge < -0.3 is 15.5 Å². The Kier molecular flexibility index (Phi) is 39.5. The zero-order valence-electron chi connectivity index (χ0n) is 32.9. The lowest BCUT2D eigenvalue weighted by Crippen LogP contribution is -2.45. The third kappa shape index (κ3) is 37.1. The predicted octanol–water partition coefficient (Wildman–Crippen LogP) is 13.1. The van der Waals surface area contributed by atoms with E-state index < -0.39 is 12.1 Å². The average molecular weight is 696 g/mol. The van der Waals surface area contributed by atoms with Gasteiger partial charge in [-0.3, -0.25) is 4.79 Å². The summed E-state index contributed by atoms with van der Waals surface area (Å²) in [5.41, 5.74) is 0. The number of hydrogen-bond acceptors (Lipinski definition) is 3. The van der Waals surface area contributed by atoms with Gasteiger partial charge in [0.2, 0.25) is 5.91 Å². The van der Waals surface area contributed by atoms with Crippen LogP contribution in [-0.4, -0.2) is 34.9 Å². The monoisotopic (exact) mass is 696 g/mol. The Morgan fingerprint density at radius 2 is 0.880 bits per heavy atom. The second-order valence-corrected chi connectivity index (χ2v) is 14.0. The summed E-state index contributed by atoms with van der Waals surface area (Å²) in [4.78, 5) is 12.3. The lowest BCUT2D eigenvalue weighted by molar-refractivity contribution is -0.123. The van der Waals surface area contributed by atoms with E-state index in [1.54, 1.807) is 0 Å². The smallest absolute Gasteiger partial charge is 0.220 e. The number of unbranched alkanes of at least 4 members (excludes halogenated alkanes) is 18. The summed E-state index contributed by atoms with van der Waals surface area (Å²) in [6.07, 6.45) is 58.5. The Hall–Kier alpha value is -2.17. The number of carbonyl (C=O) groups excluding carboxylic acids is 1. The van der Waals surface area contributed by atoms with Crippen LogP contribution in [0.2, 0.25) is 0 Å². The Balaban J connectivity index is 3.51. The number of aliphatic hydroxyl groups excluding tert-OH is 2. The summed E-state index contributed by atoms with van der Waals surface area (Å²) >= 11 is 0. The molecule has 0 aromatic heterocycles. The molecule has 0 aliphatic rings. The maximum atomic E-state index is 12.3. The molecule has 2 atom stereocenters. The molecule has 0 rings (SSSR count). The fourth-order valence-electron chi connectivity index (χ4n) is 6.01. The minimum absolute atomic E-state index is 0.0416. The van der Waals surface area contributed by atoms with E-state index in [0.717, 1.165) is 64.2 Å². The molecule has 4 heteroatoms. The van der Waals surface area contributed by atoms with E-state index in [9.17, 15) is 15.0 Å². The van der Waals surface area contributed by atoms with Gasteiger partial charge in [0.25, 0.3) is 0 Å². The van der Waals surface area contributed by atoms with E-state index in [1.807, 2.05) is 0 Å². The van der Waals surface area contributed by atoms with Crippen LogP contribution in [0.3, 0.4) is 0 Å². The van der Waals surface area contributed by atoms with Gasteiger partial charge in [-0.2, -0.15) is 0 Å². The Labute approximate surface area is 310 Å². The Bertz CT molecular complexity index is 884. The van der Waals surface area contributed by atoms with Crippen molar-refractivity contribution >= 4 is 5.91 Å². The van der Waals surface area contributed by atoms with Crippen LogP contribution in [-0.2, 0) is 4.79 Å². The van der Waals surface area contributed by atoms with E-state index >= 15 is 0 Å². The minimum Gasteiger partial charge on any atom is -0.394 e. The lowest BCUT2D eigenvalue weighted by atomic mass is 10.0. The summed E-state index contributed by atoms with van der Waals surface area (Å²) in [6.45, 7) is 4.19. The molecule has 0 fully saturated rings. The molecule has 0 heterocycles. The molecule has 0 saturated heterocycles. The van der Waals surface area contributed by atoms with Crippen molar-refractivity contribution in [1.29, 1.82) is 0 Å². The molecule has 2 unspecified atom stereocenters. The minimum atomic E-state index is -0.659. The van der Waals surface area contributed by atoms with E-state index in [1.165, 1.54) is 103 Å². The summed E-state index contributed by atoms with van der Waals surface area (Å²) in [5.74, 6) is -0.0416. The largest absolute Gasteiger partial charge is 0.394 e. The van der Waals surface area contributed by atoms with Gasteiger partial charge in [0.1, 0.15) is 0 Å². The van der Waals surface area contributed by atoms with Gasteiger partial charge >= 0.3 is 0 Å². The molecular formula is C46H81NO3. The summed E-state index contributed by atoms with van der Waals surface area (Å²) in [7, 11) is 0. The number of nitrogens with one attached hydrogen (secondary N) is 1. The van der Waals surface area contributed by atoms with Gasteiger partial charge in [0, 0.05) is 6.42 Å². The molecule has 0 aromatic rings. The second kappa shape index (κ2) is 41.3. The van der Waals surface area contributed by atoms with Crippen molar-refractivity contribution in [3.63, 3.8) is 0 Å². The number of rotatable bonds is 37. The highest BCUT2D eigenvalue weighted by Gasteiger charge is 2.19. The van der Waals surface area contributed by atoms with Crippen LogP contribution in [0.4, 0.5) is 0 Å². The maximum Gasteiger partial charge on any atom is 0.220 e. The first-order valence-electron chi connectivity index (χ1n) is 21.1. The van der Waals surface area contributed by atoms with Crippen molar-refractivity contribution in [2.45, 2.75) is 206 Å². The molecule has 0 bridgehead atoms. The van der Waals surface area contributed by atoms with Gasteiger partial charge in [0.15, 0.2) is 0 Å². The Morgan fingerprint density at radius 3 is 1.32 bits per heavy atom. The van der Waals surface area contributed by atoms with Crippen LogP contribution in [0.15, 0.2) is 72.9 Å². The van der Waals surface area contributed by atoms with E-state index in [-0.39, 0.29) is 12.5 Å². The van der Waals surface area contributed by atoms with Gasteiger partial charge in [-0.25, -0.2) is 0 Å². The quantitative estimate of drug-likeness (QED) is 0.0447. The van der Waals surface area contributed by atoms with E-state index in [2.05, 4.69) is 92.1 Å². The highest BCUT2D eigenvalue weighted by molar-refractivity contribution is 5.76. The summed E-state index contributed by atoms with van der Waals surface area (Å²) in [6, 6.07) is -0.537. The molecule has 0 saturated carbocycles. The van der Waals surface area contributed by atoms with Crippen molar-refractivity contribution < 1.29 is 15.0 Å². The van der Waals surface area contributed by atoms with Gasteiger partial charge in [-0.1, -0.05) is 196 Å². The third-order valence-corrected chi connectivity index (χ3v) is 9.23. The Morgan fingerprint density at radius 1 is 0.500 bits per heavy atom. The van der Waals surface area contributed by atoms with Gasteiger partial charge in [0.05, 0.1) is 18.8 Å². The van der Waals surface area contributed by atoms with Gasteiger partial charge in [-0.05, 0) is 64.2 Å². The first kappa shape index (κ1) is 47.8. The topological polar surface area (TPSA) is 69.6 Å². The van der Waals surface area contributed by atoms with Crippen LogP contribution in [0.5, 0.6) is 0 Å². The van der Waals surface area contributed by atoms with Crippen LogP contribution < -0.4 is 5.32 Å². The first-order valence-corrected chi connectivity index (χ1v) is 21.1. The maximum absolute atomic E-state index is 12.3. The molecule has 3 N–H and O–H groups in total. The number of hydrogen-bond donors (Lipinski definition) is 3. The van der Waals surface area contributed by atoms with E-state index in [0.29, 0.717) is 12.8 Å². The number of amides is 1. The highest BCUT2D eigenvalue weighted by atomic mass is 16.3. The number of carbonyl (C=O) groups is 1. The fourth-order valence-corrected chi connectivity index (χ4v) is 6.01. The standard InChI is InChI=1S/C46H81NO3/c1-3-5-7-9-11-12-13-14-15-16-17-18-19-20-21-22-23-24-25-26-27-28-29-30-31-32-33-34-36-38-40-42-46(50)47-44(43-48)45(49)41-39-37-35-10-8-6-4-2/h5,7,11-12,14-15,17-18,20-21,23-24,44-45,48-49H,3-4,6,8-10,13,16,19,22,25-43H2,1-2H3,(H,47,50)/b7-5-,12-11-,15-14-,18-17-,21-20-,24-23-. The lowest BCUT2D eigenvalue weighted by Gasteiger charge is -2.22. The molecule has 0 aliphatic heterocycles. The molecule has 0 aliphatic carbocycles. The second-order valence-electron chi connectivity index (χ2n) is 14.0. The molecule has 0 aromatic carbocycles. The molecule has 50 heavy (non-hydrogen) atoms. The van der Waals surface area contributed by atoms with Crippen LogP contribution in [0.1, 0.15) is 194 Å². The molecule has 0 spiro atoms.